The van der Waals surface area contributed by atoms with Gasteiger partial charge < -0.3 is 4.90 Å². The molecule has 3 rings (SSSR count). The van der Waals surface area contributed by atoms with Gasteiger partial charge in [0.15, 0.2) is 15.5 Å². The quantitative estimate of drug-likeness (QED) is 0.858. The number of carbonyl (C=O) groups excluding carboxylic acids is 1. The van der Waals surface area contributed by atoms with E-state index in [1.807, 2.05) is 24.3 Å². The SMILES string of the molecule is C[C@@H]1[C@H](C)S(=O)(=O)CCN1C(=O)c1n[nH]c2ccccc12. The van der Waals surface area contributed by atoms with E-state index in [0.717, 1.165) is 10.9 Å². The van der Waals surface area contributed by atoms with Gasteiger partial charge in [-0.15, -0.1) is 0 Å². The fourth-order valence-corrected chi connectivity index (χ4v) is 4.29. The fourth-order valence-electron chi connectivity index (χ4n) is 2.72. The molecule has 2 aromatic rings. The molecule has 0 radical (unpaired) electrons. The fraction of sp³-hybridized carbons (Fsp3) is 0.429. The Morgan fingerprint density at radius 2 is 2.05 bits per heavy atom. The number of fused-ring (bicyclic) bond motifs is 1. The van der Waals surface area contributed by atoms with Crippen LogP contribution in [0.15, 0.2) is 24.3 Å². The molecule has 7 heteroatoms. The third kappa shape index (κ3) is 2.21. The van der Waals surface area contributed by atoms with Gasteiger partial charge in [-0.25, -0.2) is 8.42 Å². The van der Waals surface area contributed by atoms with Crippen molar-refractivity contribution in [1.29, 1.82) is 0 Å². The predicted octanol–water partition coefficient (Wildman–Crippen LogP) is 1.21. The van der Waals surface area contributed by atoms with E-state index in [1.54, 1.807) is 18.7 Å². The molecule has 21 heavy (non-hydrogen) atoms. The zero-order valence-electron chi connectivity index (χ0n) is 11.9. The van der Waals surface area contributed by atoms with E-state index in [2.05, 4.69) is 10.2 Å². The molecule has 2 heterocycles. The molecule has 1 aromatic heterocycles. The van der Waals surface area contributed by atoms with Crippen molar-refractivity contribution >= 4 is 26.6 Å². The first-order valence-electron chi connectivity index (χ1n) is 6.87. The Bertz CT molecular complexity index is 797. The lowest BCUT2D eigenvalue weighted by molar-refractivity contribution is 0.0689. The molecule has 0 bridgehead atoms. The van der Waals surface area contributed by atoms with Gasteiger partial charge in [0.25, 0.3) is 5.91 Å². The van der Waals surface area contributed by atoms with Crippen molar-refractivity contribution in [1.82, 2.24) is 15.1 Å². The number of nitrogens with zero attached hydrogens (tertiary/aromatic N) is 2. The van der Waals surface area contributed by atoms with Gasteiger partial charge in [-0.3, -0.25) is 9.89 Å². The minimum absolute atomic E-state index is 0.00655. The van der Waals surface area contributed by atoms with E-state index < -0.39 is 15.1 Å². The largest absolute Gasteiger partial charge is 0.332 e. The molecule has 1 aromatic carbocycles. The van der Waals surface area contributed by atoms with Crippen LogP contribution in [0.3, 0.4) is 0 Å². The molecule has 1 aliphatic heterocycles. The van der Waals surface area contributed by atoms with Gasteiger partial charge >= 0.3 is 0 Å². The molecule has 112 valence electrons. The van der Waals surface area contributed by atoms with Crippen LogP contribution in [0.4, 0.5) is 0 Å². The van der Waals surface area contributed by atoms with Crippen LogP contribution in [0.1, 0.15) is 24.3 Å². The smallest absolute Gasteiger partial charge is 0.275 e. The summed E-state index contributed by atoms with van der Waals surface area (Å²) in [5.41, 5.74) is 1.15. The van der Waals surface area contributed by atoms with E-state index in [9.17, 15) is 13.2 Å². The first kappa shape index (κ1) is 14.1. The third-order valence-electron chi connectivity index (χ3n) is 4.29. The highest BCUT2D eigenvalue weighted by molar-refractivity contribution is 7.92. The summed E-state index contributed by atoms with van der Waals surface area (Å²) in [5, 5.41) is 7.14. The summed E-state index contributed by atoms with van der Waals surface area (Å²) in [5.74, 6) is -0.214. The Hall–Kier alpha value is -1.89. The van der Waals surface area contributed by atoms with Crippen molar-refractivity contribution in [3.63, 3.8) is 0 Å². The molecule has 0 spiro atoms. The maximum atomic E-state index is 12.7. The molecule has 2 atom stereocenters. The number of rotatable bonds is 1. The normalized spacial score (nSPS) is 25.1. The molecule has 6 nitrogen and oxygen atoms in total. The standard InChI is InChI=1S/C14H17N3O3S/c1-9-10(2)21(19,20)8-7-17(9)14(18)13-11-5-3-4-6-12(11)15-16-13/h3-6,9-10H,7-8H2,1-2H3,(H,15,16)/t9-,10+/m1/s1. The molecule has 1 saturated heterocycles. The van der Waals surface area contributed by atoms with Crippen molar-refractivity contribution in [3.05, 3.63) is 30.0 Å². The summed E-state index contributed by atoms with van der Waals surface area (Å²) in [7, 11) is -3.11. The molecule has 1 fully saturated rings. The maximum Gasteiger partial charge on any atom is 0.275 e. The molecule has 1 N–H and O–H groups in total. The Morgan fingerprint density at radius 1 is 1.33 bits per heavy atom. The Kier molecular flexibility index (Phi) is 3.24. The summed E-state index contributed by atoms with van der Waals surface area (Å²) in [6.45, 7) is 3.64. The maximum absolute atomic E-state index is 12.7. The average molecular weight is 307 g/mol. The van der Waals surface area contributed by atoms with Crippen LogP contribution in [-0.2, 0) is 9.84 Å². The second-order valence-electron chi connectivity index (χ2n) is 5.43. The summed E-state index contributed by atoms with van der Waals surface area (Å²) in [4.78, 5) is 14.3. The zero-order chi connectivity index (χ0) is 15.2. The number of sulfone groups is 1. The van der Waals surface area contributed by atoms with Crippen LogP contribution in [0, 0.1) is 0 Å². The van der Waals surface area contributed by atoms with Crippen LogP contribution in [-0.4, -0.2) is 53.0 Å². The molecule has 0 aliphatic carbocycles. The number of aromatic amines is 1. The lowest BCUT2D eigenvalue weighted by Crippen LogP contribution is -2.54. The Morgan fingerprint density at radius 3 is 2.81 bits per heavy atom. The number of benzene rings is 1. The van der Waals surface area contributed by atoms with Gasteiger partial charge in [-0.2, -0.15) is 5.10 Å². The lowest BCUT2D eigenvalue weighted by atomic mass is 10.1. The van der Waals surface area contributed by atoms with Crippen LogP contribution >= 0.6 is 0 Å². The number of carbonyl (C=O) groups is 1. The molecule has 1 aliphatic rings. The molecule has 0 saturated carbocycles. The second kappa shape index (κ2) is 4.84. The van der Waals surface area contributed by atoms with Crippen molar-refractivity contribution in [2.24, 2.45) is 0 Å². The van der Waals surface area contributed by atoms with E-state index in [0.29, 0.717) is 5.69 Å². The number of aromatic nitrogens is 2. The van der Waals surface area contributed by atoms with Crippen molar-refractivity contribution in [3.8, 4) is 0 Å². The molecular formula is C14H17N3O3S. The summed E-state index contributed by atoms with van der Waals surface area (Å²) in [6, 6.07) is 7.05. The summed E-state index contributed by atoms with van der Waals surface area (Å²) in [6.07, 6.45) is 0. The van der Waals surface area contributed by atoms with Crippen LogP contribution < -0.4 is 0 Å². The second-order valence-corrected chi connectivity index (χ2v) is 7.91. The highest BCUT2D eigenvalue weighted by Gasteiger charge is 2.39. The van der Waals surface area contributed by atoms with Gasteiger partial charge in [0.1, 0.15) is 0 Å². The summed E-state index contributed by atoms with van der Waals surface area (Å²) >= 11 is 0. The average Bonchev–Trinajstić information content (AvgIpc) is 2.88. The van der Waals surface area contributed by atoms with E-state index in [-0.39, 0.29) is 24.2 Å². The van der Waals surface area contributed by atoms with E-state index in [1.165, 1.54) is 0 Å². The van der Waals surface area contributed by atoms with Gasteiger partial charge in [0.05, 0.1) is 16.5 Å². The van der Waals surface area contributed by atoms with Crippen LogP contribution in [0.25, 0.3) is 10.9 Å². The zero-order valence-corrected chi connectivity index (χ0v) is 12.7. The number of nitrogens with one attached hydrogen (secondary N) is 1. The van der Waals surface area contributed by atoms with E-state index >= 15 is 0 Å². The van der Waals surface area contributed by atoms with Gasteiger partial charge in [0.2, 0.25) is 0 Å². The van der Waals surface area contributed by atoms with Crippen LogP contribution in [0.5, 0.6) is 0 Å². The van der Waals surface area contributed by atoms with Gasteiger partial charge in [0, 0.05) is 18.0 Å². The van der Waals surface area contributed by atoms with Crippen molar-refractivity contribution in [2.75, 3.05) is 12.3 Å². The minimum Gasteiger partial charge on any atom is -0.332 e. The molecule has 1 amide bonds. The third-order valence-corrected chi connectivity index (χ3v) is 6.57. The minimum atomic E-state index is -3.11. The Labute approximate surface area is 123 Å². The van der Waals surface area contributed by atoms with Crippen molar-refractivity contribution in [2.45, 2.75) is 25.1 Å². The predicted molar refractivity (Wildman–Crippen MR) is 79.8 cm³/mol. The highest BCUT2D eigenvalue weighted by Crippen LogP contribution is 2.23. The first-order valence-corrected chi connectivity index (χ1v) is 8.59. The molecular weight excluding hydrogens is 290 g/mol. The number of hydrogen-bond acceptors (Lipinski definition) is 4. The number of H-pyrrole nitrogens is 1. The summed E-state index contributed by atoms with van der Waals surface area (Å²) < 4.78 is 23.8. The number of para-hydroxylation sites is 1. The number of amides is 1. The number of hydrogen-bond donors (Lipinski definition) is 1. The van der Waals surface area contributed by atoms with E-state index in [4.69, 9.17) is 0 Å². The monoisotopic (exact) mass is 307 g/mol. The Balaban J connectivity index is 1.96. The highest BCUT2D eigenvalue weighted by atomic mass is 32.2. The molecule has 0 unspecified atom stereocenters. The van der Waals surface area contributed by atoms with Gasteiger partial charge in [-0.1, -0.05) is 18.2 Å². The first-order chi connectivity index (χ1) is 9.92. The van der Waals surface area contributed by atoms with Crippen molar-refractivity contribution < 1.29 is 13.2 Å². The lowest BCUT2D eigenvalue weighted by Gasteiger charge is -2.37. The van der Waals surface area contributed by atoms with Gasteiger partial charge in [-0.05, 0) is 19.9 Å². The van der Waals surface area contributed by atoms with Crippen LogP contribution in [0.2, 0.25) is 0 Å². The topological polar surface area (TPSA) is 83.1 Å².